The molecule has 0 aliphatic heterocycles. The maximum atomic E-state index is 2.35. The van der Waals surface area contributed by atoms with Crippen LogP contribution in [-0.2, 0) is 0 Å². The van der Waals surface area contributed by atoms with E-state index in [0.717, 1.165) is 0 Å². The zero-order valence-corrected chi connectivity index (χ0v) is 9.69. The van der Waals surface area contributed by atoms with E-state index in [1.54, 1.807) is 5.57 Å². The Bertz CT molecular complexity index is 598. The molecule has 1 unspecified atom stereocenters. The smallest absolute Gasteiger partial charge is 0.0287 e. The Balaban J connectivity index is 1.97. The highest BCUT2D eigenvalue weighted by molar-refractivity contribution is 5.71. The lowest BCUT2D eigenvalue weighted by Gasteiger charge is -2.12. The lowest BCUT2D eigenvalue weighted by Crippen LogP contribution is -1.97. The lowest BCUT2D eigenvalue weighted by atomic mass is 9.92. The van der Waals surface area contributed by atoms with Gasteiger partial charge in [0.15, 0.2) is 0 Å². The van der Waals surface area contributed by atoms with Gasteiger partial charge in [0.05, 0.1) is 0 Å². The van der Waals surface area contributed by atoms with E-state index in [9.17, 15) is 0 Å². The van der Waals surface area contributed by atoms with Gasteiger partial charge in [-0.3, -0.25) is 0 Å². The van der Waals surface area contributed by atoms with Gasteiger partial charge in [0, 0.05) is 5.92 Å². The topological polar surface area (TPSA) is 0 Å². The first kappa shape index (κ1) is 9.23. The first-order valence-electron chi connectivity index (χ1n) is 6.33. The van der Waals surface area contributed by atoms with Gasteiger partial charge in [-0.2, -0.15) is 0 Å². The van der Waals surface area contributed by atoms with Crippen molar-refractivity contribution in [3.05, 3.63) is 82.5 Å². The van der Waals surface area contributed by atoms with Crippen molar-refractivity contribution in [3.63, 3.8) is 0 Å². The predicted molar refractivity (Wildman–Crippen MR) is 71.4 cm³/mol. The Morgan fingerprint density at radius 2 is 2.00 bits per heavy atom. The molecule has 0 N–H and O–H groups in total. The van der Waals surface area contributed by atoms with Crippen LogP contribution in [0, 0.1) is 5.92 Å². The third kappa shape index (κ3) is 1.18. The van der Waals surface area contributed by atoms with Crippen LogP contribution in [0.4, 0.5) is 0 Å². The molecule has 0 heterocycles. The summed E-state index contributed by atoms with van der Waals surface area (Å²) in [7, 11) is 0. The summed E-state index contributed by atoms with van der Waals surface area (Å²) in [6, 6.07) is 0. The number of hydrogen-bond donors (Lipinski definition) is 0. The van der Waals surface area contributed by atoms with E-state index in [1.807, 2.05) is 0 Å². The third-order valence-corrected chi connectivity index (χ3v) is 4.01. The Morgan fingerprint density at radius 1 is 1.00 bits per heavy atom. The van der Waals surface area contributed by atoms with E-state index in [4.69, 9.17) is 0 Å². The van der Waals surface area contributed by atoms with Crippen molar-refractivity contribution in [1.29, 1.82) is 0 Å². The summed E-state index contributed by atoms with van der Waals surface area (Å²) in [5.74, 6) is 0.527. The number of fused-ring (bicyclic) bond motifs is 2. The largest absolute Gasteiger partial charge is 0.0839 e. The van der Waals surface area contributed by atoms with Crippen molar-refractivity contribution in [2.24, 2.45) is 5.92 Å². The average Bonchev–Trinajstić information content (AvgIpc) is 2.84. The van der Waals surface area contributed by atoms with Crippen LogP contribution in [0.25, 0.3) is 0 Å². The van der Waals surface area contributed by atoms with E-state index >= 15 is 0 Å². The molecule has 0 bridgehead atoms. The molecule has 4 rings (SSSR count). The molecule has 0 fully saturated rings. The Morgan fingerprint density at radius 3 is 3.00 bits per heavy atom. The molecular weight excluding hydrogens is 204 g/mol. The van der Waals surface area contributed by atoms with Crippen LogP contribution in [0.3, 0.4) is 0 Å². The molecule has 0 heteroatoms. The molecule has 0 spiro atoms. The van der Waals surface area contributed by atoms with E-state index in [-0.39, 0.29) is 0 Å². The molecule has 0 radical (unpaired) electrons. The van der Waals surface area contributed by atoms with Gasteiger partial charge >= 0.3 is 0 Å². The second-order valence-corrected chi connectivity index (χ2v) is 4.91. The highest BCUT2D eigenvalue weighted by Crippen LogP contribution is 2.49. The molecule has 17 heavy (non-hydrogen) atoms. The fourth-order valence-corrected chi connectivity index (χ4v) is 3.29. The van der Waals surface area contributed by atoms with Crippen molar-refractivity contribution in [3.8, 4) is 0 Å². The van der Waals surface area contributed by atoms with Gasteiger partial charge in [0.1, 0.15) is 0 Å². The molecule has 82 valence electrons. The van der Waals surface area contributed by atoms with Crippen molar-refractivity contribution >= 4 is 0 Å². The van der Waals surface area contributed by atoms with Gasteiger partial charge in [-0.1, -0.05) is 54.7 Å². The SMILES string of the molecule is C1=CC2=C(CC1)C1=C3C(=C/C=C\C=C/1)\C=CC23. The van der Waals surface area contributed by atoms with E-state index < -0.39 is 0 Å². The molecule has 0 saturated carbocycles. The van der Waals surface area contributed by atoms with Crippen molar-refractivity contribution in [1.82, 2.24) is 0 Å². The Kier molecular flexibility index (Phi) is 1.81. The van der Waals surface area contributed by atoms with Crippen LogP contribution in [0.2, 0.25) is 0 Å². The zero-order chi connectivity index (χ0) is 11.2. The van der Waals surface area contributed by atoms with E-state index in [2.05, 4.69) is 54.7 Å². The molecule has 0 saturated heterocycles. The minimum Gasteiger partial charge on any atom is -0.0839 e. The normalized spacial score (nSPS) is 35.1. The Labute approximate surface area is 102 Å². The van der Waals surface area contributed by atoms with Crippen molar-refractivity contribution in [2.75, 3.05) is 0 Å². The molecule has 4 aliphatic carbocycles. The first-order chi connectivity index (χ1) is 8.45. The van der Waals surface area contributed by atoms with Crippen LogP contribution < -0.4 is 0 Å². The zero-order valence-electron chi connectivity index (χ0n) is 9.69. The van der Waals surface area contributed by atoms with Crippen molar-refractivity contribution < 1.29 is 0 Å². The highest BCUT2D eigenvalue weighted by Gasteiger charge is 2.34. The summed E-state index contributed by atoms with van der Waals surface area (Å²) in [6.07, 6.45) is 22.6. The summed E-state index contributed by atoms with van der Waals surface area (Å²) in [4.78, 5) is 0. The third-order valence-electron chi connectivity index (χ3n) is 4.01. The summed E-state index contributed by atoms with van der Waals surface area (Å²) < 4.78 is 0. The minimum atomic E-state index is 0.527. The maximum Gasteiger partial charge on any atom is 0.0287 e. The van der Waals surface area contributed by atoms with Crippen LogP contribution in [0.1, 0.15) is 12.8 Å². The van der Waals surface area contributed by atoms with Gasteiger partial charge in [0.25, 0.3) is 0 Å². The summed E-state index contributed by atoms with van der Waals surface area (Å²) >= 11 is 0. The molecule has 0 amide bonds. The number of allylic oxidation sites excluding steroid dienone is 14. The molecule has 0 aromatic carbocycles. The van der Waals surface area contributed by atoms with Gasteiger partial charge in [0.2, 0.25) is 0 Å². The quantitative estimate of drug-likeness (QED) is 0.572. The van der Waals surface area contributed by atoms with E-state index in [0.29, 0.717) is 5.92 Å². The van der Waals surface area contributed by atoms with E-state index in [1.165, 1.54) is 35.1 Å². The average molecular weight is 218 g/mol. The fourth-order valence-electron chi connectivity index (χ4n) is 3.29. The molecular formula is C17H14. The second-order valence-electron chi connectivity index (χ2n) is 4.91. The van der Waals surface area contributed by atoms with Gasteiger partial charge < -0.3 is 0 Å². The second kappa shape index (κ2) is 3.33. The van der Waals surface area contributed by atoms with Crippen LogP contribution in [0.5, 0.6) is 0 Å². The summed E-state index contributed by atoms with van der Waals surface area (Å²) in [5, 5.41) is 0. The summed E-state index contributed by atoms with van der Waals surface area (Å²) in [6.45, 7) is 0. The van der Waals surface area contributed by atoms with Crippen LogP contribution in [-0.4, -0.2) is 0 Å². The monoisotopic (exact) mass is 218 g/mol. The maximum absolute atomic E-state index is 2.35. The number of hydrogen-bond acceptors (Lipinski definition) is 0. The minimum absolute atomic E-state index is 0.527. The standard InChI is InChI=1S/C17H14/c1-2-6-12-10-11-16-14-8-5-4-7-13(14)15(9-3-1)17(12)16/h1-3,5-6,8-11,16H,4,7H2/b2-1-,3-1?,6-2?,9-3-,12-6-,15-9?. The molecule has 1 atom stereocenters. The van der Waals surface area contributed by atoms with Crippen LogP contribution >= 0.6 is 0 Å². The van der Waals surface area contributed by atoms with Gasteiger partial charge in [-0.05, 0) is 40.7 Å². The van der Waals surface area contributed by atoms with Crippen LogP contribution in [0.15, 0.2) is 82.5 Å². The first-order valence-corrected chi connectivity index (χ1v) is 6.33. The molecule has 0 aromatic heterocycles. The van der Waals surface area contributed by atoms with Gasteiger partial charge in [-0.25, -0.2) is 0 Å². The summed E-state index contributed by atoms with van der Waals surface area (Å²) in [5.41, 5.74) is 7.52. The number of rotatable bonds is 0. The van der Waals surface area contributed by atoms with Crippen molar-refractivity contribution in [2.45, 2.75) is 12.8 Å². The lowest BCUT2D eigenvalue weighted by molar-refractivity contribution is 0.923. The predicted octanol–water partition coefficient (Wildman–Crippen LogP) is 4.18. The molecule has 4 aliphatic rings. The fraction of sp³-hybridized carbons (Fsp3) is 0.176. The molecule has 0 nitrogen and oxygen atoms in total. The molecule has 0 aromatic rings. The Hall–Kier alpha value is -1.82. The van der Waals surface area contributed by atoms with Gasteiger partial charge in [-0.15, -0.1) is 0 Å². The highest BCUT2D eigenvalue weighted by atomic mass is 14.4.